The number of hydrogen-bond acceptors (Lipinski definition) is 4. The minimum Gasteiger partial charge on any atom is -0.294 e. The molecule has 3 rings (SSSR count). The van der Waals surface area contributed by atoms with Crippen LogP contribution in [0.5, 0.6) is 0 Å². The first-order valence-electron chi connectivity index (χ1n) is 5.71. The molecule has 19 heavy (non-hydrogen) atoms. The number of benzene rings is 1. The lowest BCUT2D eigenvalue weighted by Gasteiger charge is -1.99. The molecule has 2 aromatic heterocycles. The van der Waals surface area contributed by atoms with E-state index >= 15 is 0 Å². The van der Waals surface area contributed by atoms with Gasteiger partial charge in [-0.05, 0) is 6.92 Å². The third-order valence-electron chi connectivity index (χ3n) is 2.78. The molecule has 0 aliphatic heterocycles. The fourth-order valence-electron chi connectivity index (χ4n) is 1.90. The summed E-state index contributed by atoms with van der Waals surface area (Å²) in [6, 6.07) is 8.83. The van der Waals surface area contributed by atoms with Crippen LogP contribution in [0.2, 0.25) is 0 Å². The van der Waals surface area contributed by atoms with Gasteiger partial charge in [0.05, 0.1) is 11.8 Å². The van der Waals surface area contributed by atoms with Gasteiger partial charge in [0.1, 0.15) is 5.82 Å². The number of aromatic nitrogens is 4. The lowest BCUT2D eigenvalue weighted by Crippen LogP contribution is -2.20. The van der Waals surface area contributed by atoms with Crippen molar-refractivity contribution in [1.29, 1.82) is 0 Å². The van der Waals surface area contributed by atoms with Gasteiger partial charge in [-0.3, -0.25) is 9.78 Å². The molecule has 0 atom stereocenters. The molecule has 6 heteroatoms. The van der Waals surface area contributed by atoms with E-state index < -0.39 is 5.69 Å². The molecular weight excluding hydrogens is 244 g/mol. The van der Waals surface area contributed by atoms with Gasteiger partial charge in [0.2, 0.25) is 0 Å². The van der Waals surface area contributed by atoms with Gasteiger partial charge in [-0.15, -0.1) is 0 Å². The Morgan fingerprint density at radius 3 is 2.74 bits per heavy atom. The Kier molecular flexibility index (Phi) is 2.49. The highest BCUT2D eigenvalue weighted by Crippen LogP contribution is 2.12. The van der Waals surface area contributed by atoms with E-state index in [1.807, 2.05) is 6.07 Å². The maximum atomic E-state index is 12.3. The molecule has 0 aliphatic carbocycles. The van der Waals surface area contributed by atoms with Crippen molar-refractivity contribution in [2.24, 2.45) is 0 Å². The lowest BCUT2D eigenvalue weighted by molar-refractivity contribution is 0.104. The van der Waals surface area contributed by atoms with Gasteiger partial charge in [-0.1, -0.05) is 30.3 Å². The Balaban J connectivity index is 2.22. The van der Waals surface area contributed by atoms with Crippen LogP contribution in [0.3, 0.4) is 0 Å². The van der Waals surface area contributed by atoms with Crippen molar-refractivity contribution < 1.29 is 4.79 Å². The Bertz CT molecular complexity index is 818. The van der Waals surface area contributed by atoms with Crippen LogP contribution in [0, 0.1) is 6.92 Å². The van der Waals surface area contributed by atoms with Crippen molar-refractivity contribution in [3.05, 3.63) is 64.0 Å². The van der Waals surface area contributed by atoms with Gasteiger partial charge in [0, 0.05) is 5.56 Å². The Hall–Kier alpha value is -2.76. The molecule has 0 aliphatic rings. The molecule has 0 amide bonds. The van der Waals surface area contributed by atoms with Crippen LogP contribution >= 0.6 is 0 Å². The molecule has 0 saturated heterocycles. The topological polar surface area (TPSA) is 80.1 Å². The lowest BCUT2D eigenvalue weighted by atomic mass is 10.1. The molecular formula is C13H10N4O2. The summed E-state index contributed by atoms with van der Waals surface area (Å²) >= 11 is 0. The highest BCUT2D eigenvalue weighted by molar-refractivity contribution is 6.12. The van der Waals surface area contributed by atoms with Crippen LogP contribution < -0.4 is 5.69 Å². The molecule has 0 bridgehead atoms. The Labute approximate surface area is 107 Å². The number of H-pyrrole nitrogens is 1. The number of carbonyl (C=O) groups excluding carboxylic acids is 1. The maximum absolute atomic E-state index is 12.3. The smallest absolute Gasteiger partial charge is 0.294 e. The summed E-state index contributed by atoms with van der Waals surface area (Å²) in [6.07, 6.45) is 1.37. The zero-order chi connectivity index (χ0) is 13.4. The van der Waals surface area contributed by atoms with E-state index in [0.29, 0.717) is 17.0 Å². The summed E-state index contributed by atoms with van der Waals surface area (Å²) in [5.74, 6) is 0.244. The SMILES string of the molecule is Cc1nc2c(C(=O)c3ccccc3)cnn2c(=O)[nH]1. The van der Waals surface area contributed by atoms with E-state index in [9.17, 15) is 9.59 Å². The van der Waals surface area contributed by atoms with E-state index in [-0.39, 0.29) is 11.4 Å². The molecule has 1 aromatic carbocycles. The van der Waals surface area contributed by atoms with Gasteiger partial charge in [-0.2, -0.15) is 9.61 Å². The maximum Gasteiger partial charge on any atom is 0.349 e. The van der Waals surface area contributed by atoms with Gasteiger partial charge in [0.25, 0.3) is 0 Å². The van der Waals surface area contributed by atoms with Crippen LogP contribution in [-0.4, -0.2) is 25.4 Å². The van der Waals surface area contributed by atoms with Crippen LogP contribution in [0.15, 0.2) is 41.3 Å². The number of aromatic amines is 1. The van der Waals surface area contributed by atoms with Gasteiger partial charge >= 0.3 is 5.69 Å². The summed E-state index contributed by atoms with van der Waals surface area (Å²) < 4.78 is 1.09. The fourth-order valence-corrected chi connectivity index (χ4v) is 1.90. The summed E-state index contributed by atoms with van der Waals surface area (Å²) in [5.41, 5.74) is 0.724. The van der Waals surface area contributed by atoms with Crippen molar-refractivity contribution in [3.63, 3.8) is 0 Å². The van der Waals surface area contributed by atoms with Gasteiger partial charge in [-0.25, -0.2) is 9.78 Å². The van der Waals surface area contributed by atoms with Crippen molar-refractivity contribution in [2.45, 2.75) is 6.92 Å². The second kappa shape index (κ2) is 4.16. The van der Waals surface area contributed by atoms with Crippen LogP contribution in [0.25, 0.3) is 5.65 Å². The molecule has 0 unspecified atom stereocenters. The van der Waals surface area contributed by atoms with Crippen molar-refractivity contribution in [3.8, 4) is 0 Å². The quantitative estimate of drug-likeness (QED) is 0.691. The van der Waals surface area contributed by atoms with Crippen LogP contribution in [0.1, 0.15) is 21.7 Å². The predicted octanol–water partition coefficient (Wildman–Crippen LogP) is 0.957. The van der Waals surface area contributed by atoms with E-state index in [4.69, 9.17) is 0 Å². The average Bonchev–Trinajstić information content (AvgIpc) is 2.83. The minimum atomic E-state index is -0.408. The number of nitrogens with zero attached hydrogens (tertiary/aromatic N) is 3. The summed E-state index contributed by atoms with van der Waals surface area (Å²) in [7, 11) is 0. The first kappa shape index (κ1) is 11.3. The van der Waals surface area contributed by atoms with E-state index in [0.717, 1.165) is 4.52 Å². The van der Waals surface area contributed by atoms with E-state index in [1.165, 1.54) is 6.20 Å². The van der Waals surface area contributed by atoms with Crippen LogP contribution in [0.4, 0.5) is 0 Å². The number of fused-ring (bicyclic) bond motifs is 1. The second-order valence-corrected chi connectivity index (χ2v) is 4.12. The monoisotopic (exact) mass is 254 g/mol. The number of ketones is 1. The minimum absolute atomic E-state index is 0.201. The summed E-state index contributed by atoms with van der Waals surface area (Å²) in [6.45, 7) is 1.66. The molecule has 94 valence electrons. The molecule has 3 aromatic rings. The molecule has 0 saturated carbocycles. The summed E-state index contributed by atoms with van der Waals surface area (Å²) in [5, 5.41) is 3.90. The van der Waals surface area contributed by atoms with E-state index in [1.54, 1.807) is 31.2 Å². The largest absolute Gasteiger partial charge is 0.349 e. The highest BCUT2D eigenvalue weighted by Gasteiger charge is 2.17. The molecule has 0 fully saturated rings. The molecule has 6 nitrogen and oxygen atoms in total. The van der Waals surface area contributed by atoms with Gasteiger partial charge < -0.3 is 0 Å². The predicted molar refractivity (Wildman–Crippen MR) is 68.2 cm³/mol. The van der Waals surface area contributed by atoms with E-state index in [2.05, 4.69) is 15.1 Å². The molecule has 0 spiro atoms. The average molecular weight is 254 g/mol. The van der Waals surface area contributed by atoms with Crippen LogP contribution in [-0.2, 0) is 0 Å². The van der Waals surface area contributed by atoms with Crippen molar-refractivity contribution >= 4 is 11.4 Å². The van der Waals surface area contributed by atoms with Crippen molar-refractivity contribution in [2.75, 3.05) is 0 Å². The fraction of sp³-hybridized carbons (Fsp3) is 0.0769. The highest BCUT2D eigenvalue weighted by atomic mass is 16.1. The Morgan fingerprint density at radius 1 is 1.26 bits per heavy atom. The third kappa shape index (κ3) is 1.83. The number of nitrogens with one attached hydrogen (secondary N) is 1. The van der Waals surface area contributed by atoms with Gasteiger partial charge in [0.15, 0.2) is 11.4 Å². The third-order valence-corrected chi connectivity index (χ3v) is 2.78. The zero-order valence-electron chi connectivity index (χ0n) is 10.1. The Morgan fingerprint density at radius 2 is 2.00 bits per heavy atom. The molecule has 2 heterocycles. The molecule has 0 radical (unpaired) electrons. The number of aryl methyl sites for hydroxylation is 1. The van der Waals surface area contributed by atoms with Crippen molar-refractivity contribution in [1.82, 2.24) is 19.6 Å². The number of carbonyl (C=O) groups is 1. The second-order valence-electron chi connectivity index (χ2n) is 4.12. The standard InChI is InChI=1S/C13H10N4O2/c1-8-15-12-10(7-14-17(12)13(19)16-8)11(18)9-5-3-2-4-6-9/h2-7H,1H3,(H,15,16,19). The molecule has 1 N–H and O–H groups in total. The summed E-state index contributed by atoms with van der Waals surface area (Å²) in [4.78, 5) is 30.7. The zero-order valence-corrected chi connectivity index (χ0v) is 10.1. The number of rotatable bonds is 2. The first-order chi connectivity index (χ1) is 9.16. The first-order valence-corrected chi connectivity index (χ1v) is 5.71. The number of hydrogen-bond donors (Lipinski definition) is 1. The normalized spacial score (nSPS) is 10.8.